The van der Waals surface area contributed by atoms with E-state index in [1.165, 1.54) is 21.9 Å². The highest BCUT2D eigenvalue weighted by molar-refractivity contribution is 5.92. The minimum atomic E-state index is -0.117. The fraction of sp³-hybridized carbons (Fsp3) is 0.389. The Hall–Kier alpha value is -1.83. The van der Waals surface area contributed by atoms with Gasteiger partial charge in [0.05, 0.1) is 0 Å². The SMILES string of the molecule is C[C@@]12CCc3c(ccc4cc(N)ccc34)C1CCC2=O. The number of hydrogen-bond acceptors (Lipinski definition) is 2. The average molecular weight is 265 g/mol. The minimum Gasteiger partial charge on any atom is -0.399 e. The molecular weight excluding hydrogens is 246 g/mol. The number of anilines is 1. The maximum absolute atomic E-state index is 12.2. The van der Waals surface area contributed by atoms with Crippen LogP contribution in [0.15, 0.2) is 30.3 Å². The van der Waals surface area contributed by atoms with Gasteiger partial charge in [-0.2, -0.15) is 0 Å². The van der Waals surface area contributed by atoms with Crippen molar-refractivity contribution in [1.29, 1.82) is 0 Å². The highest BCUT2D eigenvalue weighted by Crippen LogP contribution is 2.54. The number of Topliss-reactive ketones (excluding diaryl/α,β-unsaturated/α-hetero) is 1. The van der Waals surface area contributed by atoms with E-state index < -0.39 is 0 Å². The summed E-state index contributed by atoms with van der Waals surface area (Å²) in [6.07, 6.45) is 3.77. The molecule has 0 spiro atoms. The van der Waals surface area contributed by atoms with Gasteiger partial charge >= 0.3 is 0 Å². The molecule has 2 aromatic carbocycles. The lowest BCUT2D eigenvalue weighted by Gasteiger charge is -2.37. The van der Waals surface area contributed by atoms with E-state index in [-0.39, 0.29) is 5.41 Å². The van der Waals surface area contributed by atoms with Crippen molar-refractivity contribution in [1.82, 2.24) is 0 Å². The summed E-state index contributed by atoms with van der Waals surface area (Å²) in [5.41, 5.74) is 9.43. The summed E-state index contributed by atoms with van der Waals surface area (Å²) >= 11 is 0. The molecular formula is C18H19NO. The number of nitrogen functional groups attached to an aromatic ring is 1. The summed E-state index contributed by atoms with van der Waals surface area (Å²) < 4.78 is 0. The summed E-state index contributed by atoms with van der Waals surface area (Å²) in [4.78, 5) is 12.2. The van der Waals surface area contributed by atoms with E-state index in [0.717, 1.165) is 31.4 Å². The number of ketones is 1. The van der Waals surface area contributed by atoms with Crippen molar-refractivity contribution in [3.63, 3.8) is 0 Å². The molecule has 2 aromatic rings. The van der Waals surface area contributed by atoms with Gasteiger partial charge in [0, 0.05) is 17.5 Å². The van der Waals surface area contributed by atoms with Gasteiger partial charge in [-0.25, -0.2) is 0 Å². The van der Waals surface area contributed by atoms with Crippen molar-refractivity contribution in [2.45, 2.75) is 38.5 Å². The van der Waals surface area contributed by atoms with Gasteiger partial charge in [-0.15, -0.1) is 0 Å². The van der Waals surface area contributed by atoms with Crippen molar-refractivity contribution < 1.29 is 4.79 Å². The second-order valence-electron chi connectivity index (χ2n) is 6.55. The molecule has 1 saturated carbocycles. The summed E-state index contributed by atoms with van der Waals surface area (Å²) in [6.45, 7) is 2.17. The Morgan fingerprint density at radius 2 is 2.05 bits per heavy atom. The molecule has 102 valence electrons. The largest absolute Gasteiger partial charge is 0.399 e. The number of rotatable bonds is 0. The number of carbonyl (C=O) groups is 1. The lowest BCUT2D eigenvalue weighted by Crippen LogP contribution is -2.32. The van der Waals surface area contributed by atoms with Crippen LogP contribution in [0.5, 0.6) is 0 Å². The number of fused-ring (bicyclic) bond motifs is 5. The number of carbonyl (C=O) groups excluding carboxylic acids is 1. The molecule has 0 radical (unpaired) electrons. The van der Waals surface area contributed by atoms with Crippen LogP contribution in [-0.2, 0) is 11.2 Å². The number of nitrogens with two attached hydrogens (primary N) is 1. The monoisotopic (exact) mass is 265 g/mol. The van der Waals surface area contributed by atoms with Crippen LogP contribution in [0.2, 0.25) is 0 Å². The van der Waals surface area contributed by atoms with Crippen molar-refractivity contribution in [3.05, 3.63) is 41.5 Å². The lowest BCUT2D eigenvalue weighted by molar-refractivity contribution is -0.126. The van der Waals surface area contributed by atoms with E-state index in [0.29, 0.717) is 11.7 Å². The fourth-order valence-corrected chi connectivity index (χ4v) is 4.31. The molecule has 2 atom stereocenters. The lowest BCUT2D eigenvalue weighted by atomic mass is 9.66. The van der Waals surface area contributed by atoms with Gasteiger partial charge in [0.15, 0.2) is 0 Å². The van der Waals surface area contributed by atoms with Crippen LogP contribution in [0.3, 0.4) is 0 Å². The fourth-order valence-electron chi connectivity index (χ4n) is 4.31. The van der Waals surface area contributed by atoms with Crippen molar-refractivity contribution in [3.8, 4) is 0 Å². The van der Waals surface area contributed by atoms with E-state index in [9.17, 15) is 4.79 Å². The zero-order chi connectivity index (χ0) is 13.9. The van der Waals surface area contributed by atoms with E-state index >= 15 is 0 Å². The molecule has 2 aliphatic rings. The van der Waals surface area contributed by atoms with Gasteiger partial charge in [0.1, 0.15) is 5.78 Å². The Morgan fingerprint density at radius 3 is 2.90 bits per heavy atom. The maximum Gasteiger partial charge on any atom is 0.139 e. The first-order valence-corrected chi connectivity index (χ1v) is 7.44. The van der Waals surface area contributed by atoms with Crippen LogP contribution < -0.4 is 5.73 Å². The summed E-state index contributed by atoms with van der Waals surface area (Å²) in [5.74, 6) is 0.881. The van der Waals surface area contributed by atoms with Crippen LogP contribution >= 0.6 is 0 Å². The molecule has 0 saturated heterocycles. The molecule has 2 N–H and O–H groups in total. The second kappa shape index (κ2) is 3.85. The quantitative estimate of drug-likeness (QED) is 0.736. The van der Waals surface area contributed by atoms with Gasteiger partial charge in [-0.1, -0.05) is 25.1 Å². The molecule has 20 heavy (non-hydrogen) atoms. The smallest absolute Gasteiger partial charge is 0.139 e. The molecule has 0 aliphatic heterocycles. The van der Waals surface area contributed by atoms with E-state index in [2.05, 4.69) is 25.1 Å². The summed E-state index contributed by atoms with van der Waals surface area (Å²) in [7, 11) is 0. The molecule has 4 rings (SSSR count). The Kier molecular flexibility index (Phi) is 2.30. The third kappa shape index (κ3) is 1.42. The highest BCUT2D eigenvalue weighted by Gasteiger charge is 2.49. The number of hydrogen-bond donors (Lipinski definition) is 1. The standard InChI is InChI=1S/C18H19NO/c1-18-9-8-14-13-5-3-12(19)10-11(13)2-4-15(14)16(18)6-7-17(18)20/h2-5,10,16H,6-9,19H2,1H3/t16?,18-/m1/s1. The third-order valence-corrected chi connectivity index (χ3v) is 5.53. The molecule has 0 bridgehead atoms. The molecule has 2 heteroatoms. The molecule has 1 fully saturated rings. The Labute approximate surface area is 119 Å². The normalized spacial score (nSPS) is 28.4. The van der Waals surface area contributed by atoms with Crippen LogP contribution in [0.1, 0.15) is 43.2 Å². The van der Waals surface area contributed by atoms with Crippen molar-refractivity contribution in [2.75, 3.05) is 5.73 Å². The minimum absolute atomic E-state index is 0.117. The molecule has 2 nitrogen and oxygen atoms in total. The topological polar surface area (TPSA) is 43.1 Å². The maximum atomic E-state index is 12.2. The predicted octanol–water partition coefficient (Wildman–Crippen LogP) is 3.82. The van der Waals surface area contributed by atoms with Gasteiger partial charge in [0.25, 0.3) is 0 Å². The average Bonchev–Trinajstić information content (AvgIpc) is 2.74. The third-order valence-electron chi connectivity index (χ3n) is 5.53. The first-order valence-electron chi connectivity index (χ1n) is 7.44. The Balaban J connectivity index is 1.95. The molecule has 1 unspecified atom stereocenters. The number of aryl methyl sites for hydroxylation is 1. The van der Waals surface area contributed by atoms with Crippen molar-refractivity contribution >= 4 is 22.2 Å². The molecule has 2 aliphatic carbocycles. The Morgan fingerprint density at radius 1 is 1.20 bits per heavy atom. The van der Waals surface area contributed by atoms with E-state index in [1.54, 1.807) is 0 Å². The van der Waals surface area contributed by atoms with Gasteiger partial charge < -0.3 is 5.73 Å². The van der Waals surface area contributed by atoms with Gasteiger partial charge in [-0.3, -0.25) is 4.79 Å². The van der Waals surface area contributed by atoms with E-state index in [4.69, 9.17) is 5.73 Å². The van der Waals surface area contributed by atoms with E-state index in [1.807, 2.05) is 12.1 Å². The number of benzene rings is 2. The summed E-state index contributed by atoms with van der Waals surface area (Å²) in [6, 6.07) is 10.6. The molecule has 0 heterocycles. The molecule has 0 amide bonds. The molecule has 0 aromatic heterocycles. The highest BCUT2D eigenvalue weighted by atomic mass is 16.1. The van der Waals surface area contributed by atoms with Gasteiger partial charge in [-0.05, 0) is 59.2 Å². The van der Waals surface area contributed by atoms with Crippen LogP contribution in [0.4, 0.5) is 5.69 Å². The predicted molar refractivity (Wildman–Crippen MR) is 81.8 cm³/mol. The Bertz CT molecular complexity index is 734. The first-order chi connectivity index (χ1) is 9.59. The van der Waals surface area contributed by atoms with Gasteiger partial charge in [0.2, 0.25) is 0 Å². The second-order valence-corrected chi connectivity index (χ2v) is 6.55. The first kappa shape index (κ1) is 12.0. The van der Waals surface area contributed by atoms with Crippen molar-refractivity contribution in [2.24, 2.45) is 5.41 Å². The summed E-state index contributed by atoms with van der Waals surface area (Å²) in [5, 5.41) is 2.54. The van der Waals surface area contributed by atoms with Crippen LogP contribution in [0.25, 0.3) is 10.8 Å². The zero-order valence-corrected chi connectivity index (χ0v) is 11.8. The zero-order valence-electron chi connectivity index (χ0n) is 11.8. The van der Waals surface area contributed by atoms with Crippen LogP contribution in [0, 0.1) is 5.41 Å². The van der Waals surface area contributed by atoms with Crippen LogP contribution in [-0.4, -0.2) is 5.78 Å².